The molecule has 4 heteroatoms. The number of pyridine rings is 1. The van der Waals surface area contributed by atoms with Gasteiger partial charge in [0.25, 0.3) is 0 Å². The Bertz CT molecular complexity index is 535. The SMILES string of the molecule is Cc1ccnc(Oc2ccc(C(=O)O)cc2)c1. The number of benzene rings is 1. The fourth-order valence-corrected chi connectivity index (χ4v) is 1.35. The van der Waals surface area contributed by atoms with Crippen molar-refractivity contribution in [3.8, 4) is 11.6 Å². The average Bonchev–Trinajstić information content (AvgIpc) is 2.29. The van der Waals surface area contributed by atoms with Gasteiger partial charge in [0.05, 0.1) is 5.56 Å². The standard InChI is InChI=1S/C13H11NO3/c1-9-6-7-14-12(8-9)17-11-4-2-10(3-5-11)13(15)16/h2-8H,1H3,(H,15,16). The minimum atomic E-state index is -0.953. The van der Waals surface area contributed by atoms with E-state index in [4.69, 9.17) is 9.84 Å². The van der Waals surface area contributed by atoms with Crippen LogP contribution in [0.3, 0.4) is 0 Å². The molecule has 0 amide bonds. The van der Waals surface area contributed by atoms with Gasteiger partial charge in [-0.2, -0.15) is 0 Å². The van der Waals surface area contributed by atoms with Gasteiger partial charge in [-0.25, -0.2) is 9.78 Å². The van der Waals surface area contributed by atoms with Crippen molar-refractivity contribution < 1.29 is 14.6 Å². The van der Waals surface area contributed by atoms with Crippen LogP contribution in [0.1, 0.15) is 15.9 Å². The Morgan fingerprint density at radius 2 is 1.94 bits per heavy atom. The highest BCUT2D eigenvalue weighted by molar-refractivity contribution is 5.87. The van der Waals surface area contributed by atoms with E-state index >= 15 is 0 Å². The number of nitrogens with zero attached hydrogens (tertiary/aromatic N) is 1. The molecule has 0 radical (unpaired) electrons. The summed E-state index contributed by atoms with van der Waals surface area (Å²) in [5.74, 6) is 0.103. The molecule has 4 nitrogen and oxygen atoms in total. The van der Waals surface area contributed by atoms with Crippen molar-refractivity contribution in [2.24, 2.45) is 0 Å². The fraction of sp³-hybridized carbons (Fsp3) is 0.0769. The lowest BCUT2D eigenvalue weighted by Crippen LogP contribution is -1.95. The summed E-state index contributed by atoms with van der Waals surface area (Å²) in [6.45, 7) is 1.95. The number of hydrogen-bond donors (Lipinski definition) is 1. The van der Waals surface area contributed by atoms with E-state index in [2.05, 4.69) is 4.98 Å². The number of carboxylic acids is 1. The Labute approximate surface area is 98.5 Å². The maximum Gasteiger partial charge on any atom is 0.335 e. The van der Waals surface area contributed by atoms with Crippen molar-refractivity contribution in [3.05, 3.63) is 53.7 Å². The summed E-state index contributed by atoms with van der Waals surface area (Å²) in [6, 6.07) is 9.88. The van der Waals surface area contributed by atoms with Gasteiger partial charge in [0.15, 0.2) is 0 Å². The van der Waals surface area contributed by atoms with Gasteiger partial charge in [-0.15, -0.1) is 0 Å². The Kier molecular flexibility index (Phi) is 3.05. The number of carbonyl (C=O) groups is 1. The monoisotopic (exact) mass is 229 g/mol. The quantitative estimate of drug-likeness (QED) is 0.879. The average molecular weight is 229 g/mol. The van der Waals surface area contributed by atoms with Crippen LogP contribution < -0.4 is 4.74 Å². The summed E-state index contributed by atoms with van der Waals surface area (Å²) in [4.78, 5) is 14.7. The second-order valence-electron chi connectivity index (χ2n) is 3.60. The second-order valence-corrected chi connectivity index (χ2v) is 3.60. The van der Waals surface area contributed by atoms with Crippen molar-refractivity contribution in [2.75, 3.05) is 0 Å². The molecule has 0 unspecified atom stereocenters. The molecule has 0 aliphatic carbocycles. The van der Waals surface area contributed by atoms with Crippen molar-refractivity contribution in [1.82, 2.24) is 4.98 Å². The zero-order valence-electron chi connectivity index (χ0n) is 9.25. The van der Waals surface area contributed by atoms with E-state index in [0.29, 0.717) is 11.6 Å². The van der Waals surface area contributed by atoms with E-state index in [9.17, 15) is 4.79 Å². The Morgan fingerprint density at radius 1 is 1.24 bits per heavy atom. The minimum absolute atomic E-state index is 0.231. The molecule has 0 fully saturated rings. The first-order chi connectivity index (χ1) is 8.15. The maximum atomic E-state index is 10.7. The summed E-state index contributed by atoms with van der Waals surface area (Å²) in [6.07, 6.45) is 1.66. The number of aromatic nitrogens is 1. The van der Waals surface area contributed by atoms with Crippen molar-refractivity contribution in [2.45, 2.75) is 6.92 Å². The lowest BCUT2D eigenvalue weighted by Gasteiger charge is -2.05. The minimum Gasteiger partial charge on any atom is -0.478 e. The molecule has 0 aliphatic rings. The molecular formula is C13H11NO3. The van der Waals surface area contributed by atoms with E-state index in [-0.39, 0.29) is 5.56 Å². The summed E-state index contributed by atoms with van der Waals surface area (Å²) < 4.78 is 5.49. The number of rotatable bonds is 3. The number of aromatic carboxylic acids is 1. The molecule has 0 spiro atoms. The normalized spacial score (nSPS) is 9.94. The van der Waals surface area contributed by atoms with Crippen molar-refractivity contribution in [1.29, 1.82) is 0 Å². The third-order valence-electron chi connectivity index (χ3n) is 2.21. The Balaban J connectivity index is 2.16. The molecule has 2 rings (SSSR count). The zero-order chi connectivity index (χ0) is 12.3. The number of hydrogen-bond acceptors (Lipinski definition) is 3. The molecule has 1 aromatic heterocycles. The van der Waals surface area contributed by atoms with Crippen LogP contribution in [0.5, 0.6) is 11.6 Å². The van der Waals surface area contributed by atoms with Gasteiger partial charge in [-0.3, -0.25) is 0 Å². The van der Waals surface area contributed by atoms with Gasteiger partial charge in [-0.1, -0.05) is 0 Å². The highest BCUT2D eigenvalue weighted by atomic mass is 16.5. The zero-order valence-corrected chi connectivity index (χ0v) is 9.25. The molecule has 1 aromatic carbocycles. The van der Waals surface area contributed by atoms with Crippen LogP contribution in [-0.4, -0.2) is 16.1 Å². The predicted octanol–water partition coefficient (Wildman–Crippen LogP) is 2.88. The van der Waals surface area contributed by atoms with Gasteiger partial charge in [-0.05, 0) is 42.8 Å². The first-order valence-corrected chi connectivity index (χ1v) is 5.09. The summed E-state index contributed by atoms with van der Waals surface area (Å²) in [5.41, 5.74) is 1.28. The molecule has 0 saturated heterocycles. The third kappa shape index (κ3) is 2.81. The van der Waals surface area contributed by atoms with Crippen molar-refractivity contribution in [3.63, 3.8) is 0 Å². The third-order valence-corrected chi connectivity index (χ3v) is 2.21. The van der Waals surface area contributed by atoms with E-state index in [1.807, 2.05) is 19.1 Å². The molecule has 86 valence electrons. The molecule has 0 atom stereocenters. The number of carboxylic acid groups (broad SMARTS) is 1. The van der Waals surface area contributed by atoms with Crippen LogP contribution in [0, 0.1) is 6.92 Å². The molecule has 0 aliphatic heterocycles. The maximum absolute atomic E-state index is 10.7. The van der Waals surface area contributed by atoms with E-state index in [1.54, 1.807) is 18.3 Å². The van der Waals surface area contributed by atoms with Crippen LogP contribution in [0.15, 0.2) is 42.6 Å². The molecule has 0 saturated carbocycles. The van der Waals surface area contributed by atoms with Gasteiger partial charge < -0.3 is 9.84 Å². The second kappa shape index (κ2) is 4.65. The molecule has 0 bridgehead atoms. The molecule has 2 aromatic rings. The Hall–Kier alpha value is -2.36. The van der Waals surface area contributed by atoms with Gasteiger partial charge in [0.1, 0.15) is 5.75 Å². The largest absolute Gasteiger partial charge is 0.478 e. The first kappa shape index (κ1) is 11.1. The van der Waals surface area contributed by atoms with Crippen LogP contribution in [0.25, 0.3) is 0 Å². The highest BCUT2D eigenvalue weighted by Crippen LogP contribution is 2.20. The van der Waals surface area contributed by atoms with E-state index < -0.39 is 5.97 Å². The molecular weight excluding hydrogens is 218 g/mol. The summed E-state index contributed by atoms with van der Waals surface area (Å²) in [7, 11) is 0. The van der Waals surface area contributed by atoms with E-state index in [0.717, 1.165) is 5.56 Å². The van der Waals surface area contributed by atoms with E-state index in [1.165, 1.54) is 12.1 Å². The highest BCUT2D eigenvalue weighted by Gasteiger charge is 2.03. The topological polar surface area (TPSA) is 59.4 Å². The Morgan fingerprint density at radius 3 is 2.53 bits per heavy atom. The van der Waals surface area contributed by atoms with Crippen LogP contribution in [-0.2, 0) is 0 Å². The fourth-order valence-electron chi connectivity index (χ4n) is 1.35. The van der Waals surface area contributed by atoms with Crippen LogP contribution in [0.2, 0.25) is 0 Å². The lowest BCUT2D eigenvalue weighted by atomic mass is 10.2. The summed E-state index contributed by atoms with van der Waals surface area (Å²) in [5, 5.41) is 8.75. The predicted molar refractivity (Wildman–Crippen MR) is 62.4 cm³/mol. The van der Waals surface area contributed by atoms with Crippen LogP contribution in [0.4, 0.5) is 0 Å². The van der Waals surface area contributed by atoms with Gasteiger partial charge in [0.2, 0.25) is 5.88 Å². The first-order valence-electron chi connectivity index (χ1n) is 5.09. The van der Waals surface area contributed by atoms with Gasteiger partial charge >= 0.3 is 5.97 Å². The number of ether oxygens (including phenoxy) is 1. The van der Waals surface area contributed by atoms with Gasteiger partial charge in [0, 0.05) is 12.3 Å². The summed E-state index contributed by atoms with van der Waals surface area (Å²) >= 11 is 0. The molecule has 1 heterocycles. The molecule has 17 heavy (non-hydrogen) atoms. The smallest absolute Gasteiger partial charge is 0.335 e. The van der Waals surface area contributed by atoms with Crippen molar-refractivity contribution >= 4 is 5.97 Å². The van der Waals surface area contributed by atoms with Crippen LogP contribution >= 0.6 is 0 Å². The number of aryl methyl sites for hydroxylation is 1. The molecule has 1 N–H and O–H groups in total. The lowest BCUT2D eigenvalue weighted by molar-refractivity contribution is 0.0697.